The molecule has 0 radical (unpaired) electrons. The summed E-state index contributed by atoms with van der Waals surface area (Å²) < 4.78 is 3.16. The van der Waals surface area contributed by atoms with E-state index in [-0.39, 0.29) is 0 Å². The molecule has 22 heavy (non-hydrogen) atoms. The van der Waals surface area contributed by atoms with Crippen LogP contribution in [0.25, 0.3) is 21.4 Å². The van der Waals surface area contributed by atoms with Crippen molar-refractivity contribution in [2.75, 3.05) is 5.32 Å². The lowest BCUT2D eigenvalue weighted by atomic mass is 10.3. The van der Waals surface area contributed by atoms with Crippen LogP contribution < -0.4 is 5.32 Å². The van der Waals surface area contributed by atoms with Crippen molar-refractivity contribution in [3.63, 3.8) is 0 Å². The average Bonchev–Trinajstić information content (AvgIpc) is 3.09. The molecule has 4 rings (SSSR count). The number of imidazole rings is 1. The molecular weight excluding hydrogens is 296 g/mol. The average molecular weight is 310 g/mol. The predicted molar refractivity (Wildman–Crippen MR) is 88.6 cm³/mol. The minimum absolute atomic E-state index is 0.720. The SMILES string of the molecule is CCn1cnc2c(Nc3ccc4nc(C)sc4c3)ncnc21. The molecule has 4 aromatic rings. The molecule has 0 atom stereocenters. The highest BCUT2D eigenvalue weighted by molar-refractivity contribution is 7.18. The van der Waals surface area contributed by atoms with E-state index in [1.807, 2.05) is 23.6 Å². The first-order chi connectivity index (χ1) is 10.7. The number of fused-ring (bicyclic) bond motifs is 2. The first kappa shape index (κ1) is 13.1. The highest BCUT2D eigenvalue weighted by Crippen LogP contribution is 2.27. The molecule has 0 unspecified atom stereocenters. The van der Waals surface area contributed by atoms with Crippen LogP contribution in [0.15, 0.2) is 30.9 Å². The quantitative estimate of drug-likeness (QED) is 0.627. The van der Waals surface area contributed by atoms with E-state index in [9.17, 15) is 0 Å². The summed E-state index contributed by atoms with van der Waals surface area (Å²) in [6.07, 6.45) is 3.36. The number of anilines is 2. The second kappa shape index (κ2) is 5.03. The number of nitrogens with one attached hydrogen (secondary N) is 1. The summed E-state index contributed by atoms with van der Waals surface area (Å²) in [5, 5.41) is 4.41. The Kier molecular flexibility index (Phi) is 3.00. The molecule has 0 fully saturated rings. The Morgan fingerprint density at radius 1 is 1.23 bits per heavy atom. The normalized spacial score (nSPS) is 11.4. The topological polar surface area (TPSA) is 68.5 Å². The number of rotatable bonds is 3. The molecule has 7 heteroatoms. The Balaban J connectivity index is 1.76. The van der Waals surface area contributed by atoms with E-state index < -0.39 is 0 Å². The second-order valence-electron chi connectivity index (χ2n) is 4.97. The van der Waals surface area contributed by atoms with E-state index in [4.69, 9.17) is 0 Å². The smallest absolute Gasteiger partial charge is 0.165 e. The standard InChI is InChI=1S/C15H14N6S/c1-3-21-8-18-13-14(16-7-17-15(13)21)20-10-4-5-11-12(6-10)22-9(2)19-11/h4-8H,3H2,1-2H3,(H,16,17,20). The first-order valence-corrected chi connectivity index (χ1v) is 7.86. The van der Waals surface area contributed by atoms with Gasteiger partial charge in [-0.1, -0.05) is 0 Å². The van der Waals surface area contributed by atoms with Gasteiger partial charge < -0.3 is 9.88 Å². The van der Waals surface area contributed by atoms with E-state index in [2.05, 4.69) is 38.2 Å². The summed E-state index contributed by atoms with van der Waals surface area (Å²) in [5.41, 5.74) is 3.62. The van der Waals surface area contributed by atoms with Crippen LogP contribution in [0.5, 0.6) is 0 Å². The fraction of sp³-hybridized carbons (Fsp3) is 0.200. The van der Waals surface area contributed by atoms with Crippen LogP contribution in [0.1, 0.15) is 11.9 Å². The van der Waals surface area contributed by atoms with E-state index in [1.165, 1.54) is 0 Å². The third-order valence-corrected chi connectivity index (χ3v) is 4.43. The Labute approximate surface area is 130 Å². The zero-order chi connectivity index (χ0) is 15.1. The highest BCUT2D eigenvalue weighted by atomic mass is 32.1. The van der Waals surface area contributed by atoms with E-state index in [0.29, 0.717) is 0 Å². The predicted octanol–water partition coefficient (Wildman–Crippen LogP) is 3.51. The van der Waals surface area contributed by atoms with Gasteiger partial charge in [0, 0.05) is 12.2 Å². The number of aromatic nitrogens is 5. The van der Waals surface area contributed by atoms with Gasteiger partial charge in [-0.3, -0.25) is 0 Å². The molecule has 0 aliphatic carbocycles. The van der Waals surface area contributed by atoms with Gasteiger partial charge in [0.2, 0.25) is 0 Å². The molecule has 110 valence electrons. The number of aryl methyl sites for hydroxylation is 2. The molecule has 0 saturated carbocycles. The summed E-state index contributed by atoms with van der Waals surface area (Å²) in [5.74, 6) is 0.720. The van der Waals surface area contributed by atoms with Crippen molar-refractivity contribution in [1.82, 2.24) is 24.5 Å². The molecule has 0 saturated heterocycles. The second-order valence-corrected chi connectivity index (χ2v) is 6.20. The lowest BCUT2D eigenvalue weighted by molar-refractivity contribution is 0.777. The highest BCUT2D eigenvalue weighted by Gasteiger charge is 2.10. The van der Waals surface area contributed by atoms with Gasteiger partial charge in [-0.15, -0.1) is 11.3 Å². The van der Waals surface area contributed by atoms with Crippen molar-refractivity contribution < 1.29 is 0 Å². The molecule has 1 aromatic carbocycles. The molecule has 1 N–H and O–H groups in total. The minimum atomic E-state index is 0.720. The Bertz CT molecular complexity index is 971. The van der Waals surface area contributed by atoms with Gasteiger partial charge in [0.05, 0.1) is 21.6 Å². The monoisotopic (exact) mass is 310 g/mol. The van der Waals surface area contributed by atoms with Gasteiger partial charge in [-0.25, -0.2) is 19.9 Å². The summed E-state index contributed by atoms with van der Waals surface area (Å²) in [7, 11) is 0. The lowest BCUT2D eigenvalue weighted by Crippen LogP contribution is -1.98. The third kappa shape index (κ3) is 2.10. The fourth-order valence-corrected chi connectivity index (χ4v) is 3.32. The van der Waals surface area contributed by atoms with Crippen LogP contribution in [0, 0.1) is 6.92 Å². The van der Waals surface area contributed by atoms with Gasteiger partial charge in [0.25, 0.3) is 0 Å². The maximum Gasteiger partial charge on any atom is 0.165 e. The number of benzene rings is 1. The van der Waals surface area contributed by atoms with E-state index in [0.717, 1.165) is 44.4 Å². The third-order valence-electron chi connectivity index (χ3n) is 3.50. The molecule has 0 bridgehead atoms. The Hall–Kier alpha value is -2.54. The Morgan fingerprint density at radius 2 is 2.14 bits per heavy atom. The van der Waals surface area contributed by atoms with Gasteiger partial charge in [0.15, 0.2) is 17.0 Å². The van der Waals surface area contributed by atoms with E-state index in [1.54, 1.807) is 24.0 Å². The molecule has 0 amide bonds. The number of nitrogens with zero attached hydrogens (tertiary/aromatic N) is 5. The summed E-state index contributed by atoms with van der Waals surface area (Å²) in [6, 6.07) is 6.11. The van der Waals surface area contributed by atoms with Gasteiger partial charge in [-0.05, 0) is 32.0 Å². The summed E-state index contributed by atoms with van der Waals surface area (Å²) >= 11 is 1.68. The van der Waals surface area contributed by atoms with Crippen LogP contribution in [0.2, 0.25) is 0 Å². The molecule has 0 aliphatic rings. The van der Waals surface area contributed by atoms with Crippen LogP contribution in [-0.4, -0.2) is 24.5 Å². The maximum atomic E-state index is 4.48. The largest absolute Gasteiger partial charge is 0.338 e. The Morgan fingerprint density at radius 3 is 3.00 bits per heavy atom. The van der Waals surface area contributed by atoms with Gasteiger partial charge in [0.1, 0.15) is 6.33 Å². The van der Waals surface area contributed by atoms with Crippen LogP contribution in [0.4, 0.5) is 11.5 Å². The molecule has 0 aliphatic heterocycles. The lowest BCUT2D eigenvalue weighted by Gasteiger charge is -2.06. The molecule has 6 nitrogen and oxygen atoms in total. The first-order valence-electron chi connectivity index (χ1n) is 7.04. The van der Waals surface area contributed by atoms with Crippen molar-refractivity contribution >= 4 is 44.2 Å². The van der Waals surface area contributed by atoms with Crippen LogP contribution in [0.3, 0.4) is 0 Å². The van der Waals surface area contributed by atoms with Crippen molar-refractivity contribution in [3.8, 4) is 0 Å². The van der Waals surface area contributed by atoms with Crippen LogP contribution >= 0.6 is 11.3 Å². The van der Waals surface area contributed by atoms with E-state index >= 15 is 0 Å². The van der Waals surface area contributed by atoms with Gasteiger partial charge in [-0.2, -0.15) is 0 Å². The van der Waals surface area contributed by atoms with Crippen LogP contribution in [-0.2, 0) is 6.54 Å². The van der Waals surface area contributed by atoms with Crippen molar-refractivity contribution in [3.05, 3.63) is 35.9 Å². The molecule has 0 spiro atoms. The minimum Gasteiger partial charge on any atom is -0.338 e. The maximum absolute atomic E-state index is 4.48. The molecular formula is C15H14N6S. The van der Waals surface area contributed by atoms with Crippen molar-refractivity contribution in [2.45, 2.75) is 20.4 Å². The van der Waals surface area contributed by atoms with Crippen molar-refractivity contribution in [1.29, 1.82) is 0 Å². The molecule has 3 aromatic heterocycles. The summed E-state index contributed by atoms with van der Waals surface area (Å²) in [6.45, 7) is 4.92. The molecule has 3 heterocycles. The number of thiazole rings is 1. The summed E-state index contributed by atoms with van der Waals surface area (Å²) in [4.78, 5) is 17.5. The zero-order valence-corrected chi connectivity index (χ0v) is 13.1. The number of hydrogen-bond donors (Lipinski definition) is 1. The van der Waals surface area contributed by atoms with Crippen molar-refractivity contribution in [2.24, 2.45) is 0 Å². The zero-order valence-electron chi connectivity index (χ0n) is 12.2. The number of hydrogen-bond acceptors (Lipinski definition) is 6. The fourth-order valence-electron chi connectivity index (χ4n) is 2.46. The van der Waals surface area contributed by atoms with Gasteiger partial charge >= 0.3 is 0 Å².